The smallest absolute Gasteiger partial charge is 0.323 e. The van der Waals surface area contributed by atoms with Crippen molar-refractivity contribution in [3.8, 4) is 0 Å². The van der Waals surface area contributed by atoms with E-state index in [1.165, 1.54) is 16.0 Å². The summed E-state index contributed by atoms with van der Waals surface area (Å²) in [4.78, 5) is 14.0. The molecule has 2 aromatic carbocycles. The average Bonchev–Trinajstić information content (AvgIpc) is 3.11. The van der Waals surface area contributed by atoms with Gasteiger partial charge in [-0.15, -0.1) is 0 Å². The number of nitrogens with zero attached hydrogens (tertiary/aromatic N) is 1. The number of nitrogens with one attached hydrogen (secondary N) is 3. The van der Waals surface area contributed by atoms with Gasteiger partial charge in [0.1, 0.15) is 12.1 Å². The van der Waals surface area contributed by atoms with Crippen LogP contribution in [0.4, 0.5) is 4.79 Å². The van der Waals surface area contributed by atoms with Crippen LogP contribution in [0.5, 0.6) is 0 Å². The number of amides is 2. The van der Waals surface area contributed by atoms with Crippen LogP contribution in [0.15, 0.2) is 48.5 Å². The summed E-state index contributed by atoms with van der Waals surface area (Å²) >= 11 is 0. The molecule has 2 amide bonds. The molecule has 0 spiro atoms. The number of rotatable bonds is 4. The first-order valence-corrected chi connectivity index (χ1v) is 10.3. The SMILES string of the molecule is Cc1cccc(C(C2CNCCN2)C2(c3ccccc3)COC(=N)N2C(N)=O)c1C. The van der Waals surface area contributed by atoms with Gasteiger partial charge < -0.3 is 21.1 Å². The van der Waals surface area contributed by atoms with Gasteiger partial charge in [0.2, 0.25) is 0 Å². The van der Waals surface area contributed by atoms with Crippen molar-refractivity contribution in [2.24, 2.45) is 5.73 Å². The number of carbonyl (C=O) groups excluding carboxylic acids is 1. The van der Waals surface area contributed by atoms with Crippen molar-refractivity contribution in [1.29, 1.82) is 5.41 Å². The molecule has 4 rings (SSSR count). The van der Waals surface area contributed by atoms with Crippen LogP contribution >= 0.6 is 0 Å². The zero-order valence-corrected chi connectivity index (χ0v) is 17.4. The highest BCUT2D eigenvalue weighted by Gasteiger charge is 2.57. The Morgan fingerprint density at radius 1 is 1.20 bits per heavy atom. The van der Waals surface area contributed by atoms with Crippen molar-refractivity contribution in [3.63, 3.8) is 0 Å². The Kier molecular flexibility index (Phi) is 5.49. The van der Waals surface area contributed by atoms with Crippen molar-refractivity contribution in [3.05, 3.63) is 70.8 Å². The average molecular weight is 408 g/mol. The van der Waals surface area contributed by atoms with E-state index in [1.807, 2.05) is 30.3 Å². The number of benzene rings is 2. The Balaban J connectivity index is 2.00. The molecular formula is C23H29N5O2. The number of amidine groups is 1. The fraction of sp³-hybridized carbons (Fsp3) is 0.391. The minimum Gasteiger partial charge on any atom is -0.462 e. The molecular weight excluding hydrogens is 378 g/mol. The fourth-order valence-corrected chi connectivity index (χ4v) is 4.96. The number of ether oxygens (including phenoxy) is 1. The van der Waals surface area contributed by atoms with Crippen molar-refractivity contribution in [1.82, 2.24) is 15.5 Å². The van der Waals surface area contributed by atoms with Gasteiger partial charge >= 0.3 is 6.03 Å². The highest BCUT2D eigenvalue weighted by Crippen LogP contribution is 2.48. The maximum absolute atomic E-state index is 12.7. The van der Waals surface area contributed by atoms with Crippen molar-refractivity contribution in [2.45, 2.75) is 31.3 Å². The number of carbonyl (C=O) groups is 1. The van der Waals surface area contributed by atoms with Gasteiger partial charge in [-0.1, -0.05) is 48.5 Å². The monoisotopic (exact) mass is 407 g/mol. The van der Waals surface area contributed by atoms with Gasteiger partial charge in [-0.3, -0.25) is 5.41 Å². The lowest BCUT2D eigenvalue weighted by Crippen LogP contribution is -2.62. The number of aryl methyl sites for hydroxylation is 1. The van der Waals surface area contributed by atoms with E-state index in [2.05, 4.69) is 42.7 Å². The molecule has 2 heterocycles. The zero-order chi connectivity index (χ0) is 21.3. The highest BCUT2D eigenvalue weighted by atomic mass is 16.5. The maximum atomic E-state index is 12.7. The van der Waals surface area contributed by atoms with Gasteiger partial charge in [-0.05, 0) is 36.1 Å². The molecule has 0 radical (unpaired) electrons. The lowest BCUT2D eigenvalue weighted by Gasteiger charge is -2.46. The molecule has 0 aliphatic carbocycles. The van der Waals surface area contributed by atoms with E-state index in [1.54, 1.807) is 0 Å². The third kappa shape index (κ3) is 3.24. The molecule has 2 saturated heterocycles. The Labute approximate surface area is 177 Å². The van der Waals surface area contributed by atoms with Gasteiger partial charge in [-0.25, -0.2) is 9.69 Å². The van der Waals surface area contributed by atoms with Crippen LogP contribution in [0, 0.1) is 19.3 Å². The first-order valence-electron chi connectivity index (χ1n) is 10.3. The van der Waals surface area contributed by atoms with E-state index in [-0.39, 0.29) is 24.6 Å². The third-order valence-electron chi connectivity index (χ3n) is 6.50. The largest absolute Gasteiger partial charge is 0.462 e. The molecule has 5 N–H and O–H groups in total. The molecule has 3 atom stereocenters. The van der Waals surface area contributed by atoms with Gasteiger partial charge in [0.05, 0.1) is 0 Å². The molecule has 0 bridgehead atoms. The number of primary amides is 1. The lowest BCUT2D eigenvalue weighted by molar-refractivity contribution is 0.127. The van der Waals surface area contributed by atoms with Crippen LogP contribution in [0.25, 0.3) is 0 Å². The summed E-state index contributed by atoms with van der Waals surface area (Å²) < 4.78 is 5.72. The van der Waals surface area contributed by atoms with Gasteiger partial charge in [0.15, 0.2) is 0 Å². The molecule has 0 saturated carbocycles. The van der Waals surface area contributed by atoms with E-state index >= 15 is 0 Å². The predicted molar refractivity (Wildman–Crippen MR) is 117 cm³/mol. The minimum atomic E-state index is -0.931. The van der Waals surface area contributed by atoms with Crippen molar-refractivity contribution < 1.29 is 9.53 Å². The molecule has 30 heavy (non-hydrogen) atoms. The standard InChI is InChI=1S/C23H29N5O2/c1-15-7-6-10-18(16(15)2)20(19-13-26-11-12-27-19)23(17-8-4-3-5-9-17)14-30-22(25)28(23)21(24)29/h3-10,19-20,25-27H,11-14H2,1-2H3,(H2,24,29). The molecule has 2 aliphatic heterocycles. The maximum Gasteiger partial charge on any atom is 0.323 e. The van der Waals surface area contributed by atoms with Crippen LogP contribution in [-0.2, 0) is 10.3 Å². The first-order chi connectivity index (χ1) is 14.5. The fourth-order valence-electron chi connectivity index (χ4n) is 4.96. The highest BCUT2D eigenvalue weighted by molar-refractivity contribution is 5.94. The summed E-state index contributed by atoms with van der Waals surface area (Å²) in [5.41, 5.74) is 9.31. The normalized spacial score (nSPS) is 25.1. The van der Waals surface area contributed by atoms with Crippen LogP contribution < -0.4 is 16.4 Å². The number of nitrogens with two attached hydrogens (primary N) is 1. The van der Waals surface area contributed by atoms with Crippen molar-refractivity contribution >= 4 is 12.1 Å². The van der Waals surface area contributed by atoms with Crippen molar-refractivity contribution in [2.75, 3.05) is 26.2 Å². The molecule has 3 unspecified atom stereocenters. The number of piperazine rings is 1. The second-order valence-electron chi connectivity index (χ2n) is 8.09. The van der Waals surface area contributed by atoms with Gasteiger partial charge in [0.25, 0.3) is 6.02 Å². The number of urea groups is 1. The first kappa shape index (κ1) is 20.4. The summed E-state index contributed by atoms with van der Waals surface area (Å²) in [6, 6.07) is 15.2. The topological polar surface area (TPSA) is 103 Å². The second kappa shape index (κ2) is 8.08. The molecule has 7 heteroatoms. The summed E-state index contributed by atoms with van der Waals surface area (Å²) in [6.07, 6.45) is 0. The molecule has 2 aromatic rings. The molecule has 2 fully saturated rings. The number of hydrogen-bond acceptors (Lipinski definition) is 5. The minimum absolute atomic E-state index is 0.0239. The Morgan fingerprint density at radius 3 is 2.63 bits per heavy atom. The summed E-state index contributed by atoms with van der Waals surface area (Å²) in [5, 5.41) is 15.5. The predicted octanol–water partition coefficient (Wildman–Crippen LogP) is 2.19. The van der Waals surface area contributed by atoms with E-state index in [0.29, 0.717) is 0 Å². The summed E-state index contributed by atoms with van der Waals surface area (Å²) in [7, 11) is 0. The summed E-state index contributed by atoms with van der Waals surface area (Å²) in [5.74, 6) is -0.178. The molecule has 0 aromatic heterocycles. The van der Waals surface area contributed by atoms with E-state index < -0.39 is 11.6 Å². The third-order valence-corrected chi connectivity index (χ3v) is 6.50. The van der Waals surface area contributed by atoms with E-state index in [4.69, 9.17) is 15.9 Å². The van der Waals surface area contributed by atoms with Crippen LogP contribution in [0.2, 0.25) is 0 Å². The van der Waals surface area contributed by atoms with Crippen LogP contribution in [0.1, 0.15) is 28.2 Å². The zero-order valence-electron chi connectivity index (χ0n) is 17.4. The lowest BCUT2D eigenvalue weighted by atomic mass is 9.69. The molecule has 7 nitrogen and oxygen atoms in total. The second-order valence-corrected chi connectivity index (χ2v) is 8.09. The Bertz CT molecular complexity index is 942. The van der Waals surface area contributed by atoms with Gasteiger partial charge in [-0.2, -0.15) is 0 Å². The number of hydrogen-bond donors (Lipinski definition) is 4. The Hall–Kier alpha value is -2.90. The van der Waals surface area contributed by atoms with Crippen LogP contribution in [-0.4, -0.2) is 49.2 Å². The van der Waals surface area contributed by atoms with E-state index in [9.17, 15) is 4.79 Å². The Morgan fingerprint density at radius 2 is 1.97 bits per heavy atom. The van der Waals surface area contributed by atoms with Crippen LogP contribution in [0.3, 0.4) is 0 Å². The van der Waals surface area contributed by atoms with E-state index in [0.717, 1.165) is 30.8 Å². The molecule has 158 valence electrons. The quantitative estimate of drug-likeness (QED) is 0.624. The van der Waals surface area contributed by atoms with Gasteiger partial charge in [0, 0.05) is 31.6 Å². The molecule has 2 aliphatic rings. The summed E-state index contributed by atoms with van der Waals surface area (Å²) in [6.45, 7) is 6.84.